The summed E-state index contributed by atoms with van der Waals surface area (Å²) in [6, 6.07) is 12.8. The van der Waals surface area contributed by atoms with Gasteiger partial charge in [-0.3, -0.25) is 9.59 Å². The molecular weight excluding hydrogens is 336 g/mol. The molecule has 4 rings (SSSR count). The minimum absolute atomic E-state index is 0.0486. The minimum atomic E-state index is -0.0521. The third kappa shape index (κ3) is 1.49. The van der Waals surface area contributed by atoms with E-state index in [1.54, 1.807) is 24.3 Å². The normalized spacial score (nSPS) is 13.4. The van der Waals surface area contributed by atoms with Gasteiger partial charge in [-0.05, 0) is 12.1 Å². The summed E-state index contributed by atoms with van der Waals surface area (Å²) in [6.45, 7) is 0. The van der Waals surface area contributed by atoms with Crippen molar-refractivity contribution < 1.29 is 9.59 Å². The second kappa shape index (κ2) is 4.11. The fraction of sp³-hybridized carbons (Fsp3) is 0. The van der Waals surface area contributed by atoms with Crippen molar-refractivity contribution >= 4 is 48.9 Å². The highest BCUT2D eigenvalue weighted by Gasteiger charge is 2.32. The van der Waals surface area contributed by atoms with Crippen LogP contribution in [0, 0.1) is 0 Å². The Labute approximate surface area is 127 Å². The maximum Gasteiger partial charge on any atom is 0.204 e. The summed E-state index contributed by atoms with van der Waals surface area (Å²) < 4.78 is 1.90. The van der Waals surface area contributed by atoms with Crippen LogP contribution in [0.25, 0.3) is 10.1 Å². The first-order valence-electron chi connectivity index (χ1n) is 6.07. The van der Waals surface area contributed by atoms with Crippen LogP contribution in [0.3, 0.4) is 0 Å². The Hall–Kier alpha value is -1.78. The van der Waals surface area contributed by atoms with Gasteiger partial charge in [0.05, 0.1) is 10.4 Å². The molecule has 20 heavy (non-hydrogen) atoms. The van der Waals surface area contributed by atoms with Gasteiger partial charge in [0.2, 0.25) is 5.78 Å². The number of rotatable bonds is 0. The first kappa shape index (κ1) is 12.0. The molecule has 0 atom stereocenters. The summed E-state index contributed by atoms with van der Waals surface area (Å²) in [6.07, 6.45) is 0. The maximum absolute atomic E-state index is 12.7. The van der Waals surface area contributed by atoms with Gasteiger partial charge in [-0.15, -0.1) is 11.3 Å². The Morgan fingerprint density at radius 1 is 0.900 bits per heavy atom. The molecule has 0 fully saturated rings. The Morgan fingerprint density at radius 2 is 1.60 bits per heavy atom. The monoisotopic (exact) mass is 342 g/mol. The molecule has 4 heteroatoms. The van der Waals surface area contributed by atoms with Crippen LogP contribution in [0.4, 0.5) is 0 Å². The van der Waals surface area contributed by atoms with E-state index in [0.29, 0.717) is 21.6 Å². The zero-order chi connectivity index (χ0) is 13.9. The molecule has 2 nitrogen and oxygen atoms in total. The molecule has 96 valence electrons. The van der Waals surface area contributed by atoms with E-state index < -0.39 is 0 Å². The smallest absolute Gasteiger partial charge is 0.204 e. The Balaban J connectivity index is 2.11. The molecule has 0 saturated heterocycles. The predicted octanol–water partition coefficient (Wildman–Crippen LogP) is 4.44. The molecule has 1 aliphatic rings. The average Bonchev–Trinajstić information content (AvgIpc) is 2.83. The lowest BCUT2D eigenvalue weighted by Crippen LogP contribution is -2.18. The summed E-state index contributed by atoms with van der Waals surface area (Å²) in [4.78, 5) is 25.8. The van der Waals surface area contributed by atoms with Crippen LogP contribution in [0.1, 0.15) is 31.2 Å². The maximum atomic E-state index is 12.7. The van der Waals surface area contributed by atoms with Crippen LogP contribution in [0.15, 0.2) is 46.9 Å². The van der Waals surface area contributed by atoms with E-state index in [1.165, 1.54) is 11.3 Å². The van der Waals surface area contributed by atoms with Crippen LogP contribution < -0.4 is 0 Å². The number of hydrogen-bond acceptors (Lipinski definition) is 3. The van der Waals surface area contributed by atoms with Crippen LogP contribution in [-0.4, -0.2) is 11.6 Å². The largest absolute Gasteiger partial charge is 0.289 e. The van der Waals surface area contributed by atoms with Crippen molar-refractivity contribution in [1.29, 1.82) is 0 Å². The molecule has 0 aliphatic heterocycles. The van der Waals surface area contributed by atoms with E-state index in [-0.39, 0.29) is 11.6 Å². The lowest BCUT2D eigenvalue weighted by molar-refractivity contribution is 0.0983. The van der Waals surface area contributed by atoms with Crippen molar-refractivity contribution in [3.8, 4) is 0 Å². The summed E-state index contributed by atoms with van der Waals surface area (Å²) in [5.41, 5.74) is 1.57. The van der Waals surface area contributed by atoms with E-state index in [1.807, 2.05) is 18.2 Å². The average molecular weight is 343 g/mol. The molecule has 0 amide bonds. The third-order valence-corrected chi connectivity index (χ3v) is 5.15. The van der Waals surface area contributed by atoms with Gasteiger partial charge in [-0.2, -0.15) is 0 Å². The predicted molar refractivity (Wildman–Crippen MR) is 82.8 cm³/mol. The van der Waals surface area contributed by atoms with Gasteiger partial charge < -0.3 is 0 Å². The number of hydrogen-bond donors (Lipinski definition) is 0. The van der Waals surface area contributed by atoms with Crippen LogP contribution in [0.2, 0.25) is 0 Å². The molecule has 0 bridgehead atoms. The number of halogens is 1. The van der Waals surface area contributed by atoms with Gasteiger partial charge in [-0.25, -0.2) is 0 Å². The number of carbonyl (C=O) groups excluding carboxylic acids is 2. The number of benzene rings is 2. The first-order chi connectivity index (χ1) is 9.66. The van der Waals surface area contributed by atoms with Gasteiger partial charge >= 0.3 is 0 Å². The van der Waals surface area contributed by atoms with E-state index in [2.05, 4.69) is 15.9 Å². The first-order valence-corrected chi connectivity index (χ1v) is 7.68. The summed E-state index contributed by atoms with van der Waals surface area (Å²) >= 11 is 4.81. The second-order valence-corrected chi connectivity index (χ2v) is 6.62. The van der Waals surface area contributed by atoms with Gasteiger partial charge in [0.1, 0.15) is 0 Å². The number of carbonyl (C=O) groups is 2. The lowest BCUT2D eigenvalue weighted by atomic mass is 9.87. The molecule has 0 N–H and O–H groups in total. The second-order valence-electron chi connectivity index (χ2n) is 4.65. The SMILES string of the molecule is O=C1c2ccccc2C(=O)c2c1sc1cc(Br)ccc21. The molecule has 0 saturated carbocycles. The van der Waals surface area contributed by atoms with Crippen molar-refractivity contribution in [3.05, 3.63) is 68.5 Å². The molecule has 1 aromatic heterocycles. The summed E-state index contributed by atoms with van der Waals surface area (Å²) in [5.74, 6) is -0.101. The summed E-state index contributed by atoms with van der Waals surface area (Å²) in [7, 11) is 0. The van der Waals surface area contributed by atoms with Gasteiger partial charge in [-0.1, -0.05) is 46.3 Å². The molecule has 1 heterocycles. The Bertz CT molecular complexity index is 908. The van der Waals surface area contributed by atoms with Gasteiger partial charge in [0.25, 0.3) is 0 Å². The Kier molecular flexibility index (Phi) is 2.46. The quantitative estimate of drug-likeness (QED) is 0.473. The van der Waals surface area contributed by atoms with Gasteiger partial charge in [0.15, 0.2) is 5.78 Å². The van der Waals surface area contributed by atoms with Gasteiger partial charge in [0, 0.05) is 25.7 Å². The number of thiophene rings is 1. The molecule has 3 aromatic rings. The van der Waals surface area contributed by atoms with E-state index >= 15 is 0 Å². The van der Waals surface area contributed by atoms with E-state index in [4.69, 9.17) is 0 Å². The third-order valence-electron chi connectivity index (χ3n) is 3.50. The minimum Gasteiger partial charge on any atom is -0.289 e. The highest BCUT2D eigenvalue weighted by atomic mass is 79.9. The highest BCUT2D eigenvalue weighted by Crippen LogP contribution is 2.39. The Morgan fingerprint density at radius 3 is 2.35 bits per heavy atom. The molecule has 2 aromatic carbocycles. The molecule has 1 aliphatic carbocycles. The fourth-order valence-electron chi connectivity index (χ4n) is 2.59. The van der Waals surface area contributed by atoms with E-state index in [0.717, 1.165) is 14.6 Å². The van der Waals surface area contributed by atoms with Crippen molar-refractivity contribution in [3.63, 3.8) is 0 Å². The van der Waals surface area contributed by atoms with Crippen molar-refractivity contribution in [2.75, 3.05) is 0 Å². The van der Waals surface area contributed by atoms with Crippen LogP contribution in [0.5, 0.6) is 0 Å². The number of ketones is 2. The standard InChI is InChI=1S/C16H7BrO2S/c17-8-5-6-11-12(7-8)20-16-13(11)14(18)9-3-1-2-4-10(9)15(16)19/h1-7H. The molecule has 0 radical (unpaired) electrons. The van der Waals surface area contributed by atoms with Crippen molar-refractivity contribution in [1.82, 2.24) is 0 Å². The molecule has 0 spiro atoms. The summed E-state index contributed by atoms with van der Waals surface area (Å²) in [5, 5.41) is 0.862. The number of fused-ring (bicyclic) bond motifs is 4. The zero-order valence-corrected chi connectivity index (χ0v) is 12.5. The van der Waals surface area contributed by atoms with Crippen molar-refractivity contribution in [2.24, 2.45) is 0 Å². The fourth-order valence-corrected chi connectivity index (χ4v) is 4.30. The molecule has 0 unspecified atom stereocenters. The highest BCUT2D eigenvalue weighted by molar-refractivity contribution is 9.10. The van der Waals surface area contributed by atoms with Crippen LogP contribution >= 0.6 is 27.3 Å². The van der Waals surface area contributed by atoms with Crippen molar-refractivity contribution in [2.45, 2.75) is 0 Å². The molecular formula is C16H7BrO2S. The lowest BCUT2D eigenvalue weighted by Gasteiger charge is -2.13. The zero-order valence-electron chi connectivity index (χ0n) is 10.1. The van der Waals surface area contributed by atoms with Crippen LogP contribution in [-0.2, 0) is 0 Å². The topological polar surface area (TPSA) is 34.1 Å². The van der Waals surface area contributed by atoms with E-state index in [9.17, 15) is 9.59 Å².